The molecule has 2 fully saturated rings. The van der Waals surface area contributed by atoms with E-state index in [0.717, 1.165) is 25.9 Å². The van der Waals surface area contributed by atoms with Crippen LogP contribution in [0.5, 0.6) is 0 Å². The molecule has 0 spiro atoms. The monoisotopic (exact) mass is 240 g/mol. The summed E-state index contributed by atoms with van der Waals surface area (Å²) in [4.78, 5) is 2.55. The number of aliphatic hydroxyl groups is 1. The van der Waals surface area contributed by atoms with Crippen LogP contribution >= 0.6 is 0 Å². The molecule has 2 atom stereocenters. The van der Waals surface area contributed by atoms with Crippen molar-refractivity contribution in [2.45, 2.75) is 45.6 Å². The van der Waals surface area contributed by atoms with Gasteiger partial charge in [0, 0.05) is 19.2 Å². The molecule has 1 heterocycles. The molecule has 0 bridgehead atoms. The van der Waals surface area contributed by atoms with Gasteiger partial charge in [0.1, 0.15) is 0 Å². The van der Waals surface area contributed by atoms with Gasteiger partial charge in [-0.05, 0) is 56.0 Å². The maximum Gasteiger partial charge on any atom is 0.0460 e. The maximum atomic E-state index is 9.13. The molecule has 0 aromatic heterocycles. The molecule has 3 nitrogen and oxygen atoms in total. The van der Waals surface area contributed by atoms with Gasteiger partial charge in [0.25, 0.3) is 0 Å². The van der Waals surface area contributed by atoms with Crippen molar-refractivity contribution in [2.75, 3.05) is 26.2 Å². The van der Waals surface area contributed by atoms with Crippen molar-refractivity contribution in [1.82, 2.24) is 4.90 Å². The molecule has 2 rings (SSSR count). The Morgan fingerprint density at radius 3 is 2.35 bits per heavy atom. The van der Waals surface area contributed by atoms with E-state index in [2.05, 4.69) is 18.7 Å². The Balaban J connectivity index is 1.79. The van der Waals surface area contributed by atoms with Gasteiger partial charge in [-0.25, -0.2) is 0 Å². The summed E-state index contributed by atoms with van der Waals surface area (Å²) < 4.78 is 0. The van der Waals surface area contributed by atoms with Gasteiger partial charge in [-0.1, -0.05) is 13.8 Å². The van der Waals surface area contributed by atoms with Crippen molar-refractivity contribution in [2.24, 2.45) is 23.0 Å². The fourth-order valence-corrected chi connectivity index (χ4v) is 3.43. The van der Waals surface area contributed by atoms with Crippen LogP contribution in [-0.4, -0.2) is 42.3 Å². The molecule has 1 aliphatic carbocycles. The van der Waals surface area contributed by atoms with Gasteiger partial charge in [-0.3, -0.25) is 0 Å². The van der Waals surface area contributed by atoms with Crippen LogP contribution in [0.15, 0.2) is 0 Å². The third-order valence-corrected chi connectivity index (χ3v) is 5.03. The normalized spacial score (nSPS) is 35.3. The minimum absolute atomic E-state index is 0.327. The van der Waals surface area contributed by atoms with Gasteiger partial charge < -0.3 is 15.7 Å². The summed E-state index contributed by atoms with van der Waals surface area (Å²) in [6.07, 6.45) is 4.86. The van der Waals surface area contributed by atoms with Crippen molar-refractivity contribution in [3.63, 3.8) is 0 Å². The third-order valence-electron chi connectivity index (χ3n) is 5.03. The first-order valence-corrected chi connectivity index (χ1v) is 7.12. The number of piperidine rings is 1. The number of nitrogens with zero attached hydrogens (tertiary/aromatic N) is 1. The minimum Gasteiger partial charge on any atom is -0.396 e. The fourth-order valence-electron chi connectivity index (χ4n) is 3.43. The highest BCUT2D eigenvalue weighted by molar-refractivity contribution is 4.95. The summed E-state index contributed by atoms with van der Waals surface area (Å²) in [5.74, 6) is 1.22. The van der Waals surface area contributed by atoms with E-state index in [9.17, 15) is 0 Å². The van der Waals surface area contributed by atoms with E-state index < -0.39 is 0 Å². The van der Waals surface area contributed by atoms with Crippen LogP contribution in [0.4, 0.5) is 0 Å². The molecule has 3 N–H and O–H groups in total. The van der Waals surface area contributed by atoms with Crippen LogP contribution in [0.25, 0.3) is 0 Å². The topological polar surface area (TPSA) is 49.5 Å². The molecular formula is C14H28N2O. The predicted octanol–water partition coefficient (Wildman–Crippen LogP) is 1.45. The predicted molar refractivity (Wildman–Crippen MR) is 70.7 cm³/mol. The zero-order valence-corrected chi connectivity index (χ0v) is 11.4. The van der Waals surface area contributed by atoms with E-state index in [1.165, 1.54) is 19.4 Å². The Morgan fingerprint density at radius 1 is 1.24 bits per heavy atom. The summed E-state index contributed by atoms with van der Waals surface area (Å²) in [6, 6.07) is 0.359. The minimum atomic E-state index is 0.327. The van der Waals surface area contributed by atoms with E-state index in [1.54, 1.807) is 0 Å². The summed E-state index contributed by atoms with van der Waals surface area (Å²) in [6.45, 7) is 8.43. The van der Waals surface area contributed by atoms with Gasteiger partial charge in [0.15, 0.2) is 0 Å². The van der Waals surface area contributed by atoms with Gasteiger partial charge in [0.05, 0.1) is 0 Å². The van der Waals surface area contributed by atoms with E-state index in [1.807, 2.05) is 0 Å². The first kappa shape index (κ1) is 13.3. The average Bonchev–Trinajstić information content (AvgIpc) is 2.57. The SMILES string of the molecule is CC1(C)CCC(CN2CCC(CO)CC2)C1N. The number of nitrogens with two attached hydrogens (primary N) is 1. The van der Waals surface area contributed by atoms with Crippen molar-refractivity contribution < 1.29 is 5.11 Å². The molecule has 1 saturated carbocycles. The van der Waals surface area contributed by atoms with Gasteiger partial charge in [0.2, 0.25) is 0 Å². The van der Waals surface area contributed by atoms with E-state index >= 15 is 0 Å². The smallest absolute Gasteiger partial charge is 0.0460 e. The van der Waals surface area contributed by atoms with Gasteiger partial charge in [-0.15, -0.1) is 0 Å². The molecule has 1 aliphatic heterocycles. The Bertz CT molecular complexity index is 247. The second-order valence-corrected chi connectivity index (χ2v) is 6.74. The van der Waals surface area contributed by atoms with Crippen LogP contribution in [-0.2, 0) is 0 Å². The molecule has 3 heteroatoms. The highest BCUT2D eigenvalue weighted by Gasteiger charge is 2.40. The number of likely N-dealkylation sites (tertiary alicyclic amines) is 1. The first-order chi connectivity index (χ1) is 8.03. The summed E-state index contributed by atoms with van der Waals surface area (Å²) in [5.41, 5.74) is 6.69. The van der Waals surface area contributed by atoms with Crippen LogP contribution in [0.1, 0.15) is 39.5 Å². The molecule has 2 unspecified atom stereocenters. The maximum absolute atomic E-state index is 9.13. The number of hydrogen-bond acceptors (Lipinski definition) is 3. The van der Waals surface area contributed by atoms with E-state index in [4.69, 9.17) is 10.8 Å². The lowest BCUT2D eigenvalue weighted by molar-refractivity contribution is 0.114. The Morgan fingerprint density at radius 2 is 1.88 bits per heavy atom. The highest BCUT2D eigenvalue weighted by Crippen LogP contribution is 2.40. The Labute approximate surface area is 105 Å². The lowest BCUT2D eigenvalue weighted by Gasteiger charge is -2.35. The quantitative estimate of drug-likeness (QED) is 0.785. The van der Waals surface area contributed by atoms with Crippen LogP contribution in [0.3, 0.4) is 0 Å². The first-order valence-electron chi connectivity index (χ1n) is 7.12. The molecule has 1 saturated heterocycles. The van der Waals surface area contributed by atoms with Gasteiger partial charge >= 0.3 is 0 Å². The second kappa shape index (κ2) is 5.25. The third kappa shape index (κ3) is 3.01. The van der Waals surface area contributed by atoms with Crippen LogP contribution in [0.2, 0.25) is 0 Å². The van der Waals surface area contributed by atoms with E-state index in [-0.39, 0.29) is 0 Å². The van der Waals surface area contributed by atoms with Crippen molar-refractivity contribution in [1.29, 1.82) is 0 Å². The Hall–Kier alpha value is -0.120. The van der Waals surface area contributed by atoms with E-state index in [0.29, 0.717) is 29.9 Å². The lowest BCUT2D eigenvalue weighted by atomic mass is 9.85. The van der Waals surface area contributed by atoms with Crippen molar-refractivity contribution in [3.8, 4) is 0 Å². The Kier molecular flexibility index (Phi) is 4.11. The zero-order valence-electron chi connectivity index (χ0n) is 11.4. The molecule has 17 heavy (non-hydrogen) atoms. The molecular weight excluding hydrogens is 212 g/mol. The number of rotatable bonds is 3. The molecule has 2 aliphatic rings. The number of aliphatic hydroxyl groups excluding tert-OH is 1. The average molecular weight is 240 g/mol. The largest absolute Gasteiger partial charge is 0.396 e. The molecule has 0 aromatic rings. The molecule has 100 valence electrons. The van der Waals surface area contributed by atoms with Crippen molar-refractivity contribution in [3.05, 3.63) is 0 Å². The summed E-state index contributed by atoms with van der Waals surface area (Å²) in [5, 5.41) is 9.13. The van der Waals surface area contributed by atoms with Crippen LogP contribution in [0, 0.1) is 17.3 Å². The summed E-state index contributed by atoms with van der Waals surface area (Å²) >= 11 is 0. The summed E-state index contributed by atoms with van der Waals surface area (Å²) in [7, 11) is 0. The zero-order chi connectivity index (χ0) is 12.5. The molecule has 0 aromatic carbocycles. The van der Waals surface area contributed by atoms with Crippen LogP contribution < -0.4 is 5.73 Å². The number of hydrogen-bond donors (Lipinski definition) is 2. The van der Waals surface area contributed by atoms with Gasteiger partial charge in [-0.2, -0.15) is 0 Å². The second-order valence-electron chi connectivity index (χ2n) is 6.74. The fraction of sp³-hybridized carbons (Fsp3) is 1.00. The molecule has 0 amide bonds. The molecule has 0 radical (unpaired) electrons. The highest BCUT2D eigenvalue weighted by atomic mass is 16.3. The lowest BCUT2D eigenvalue weighted by Crippen LogP contribution is -2.44. The standard InChI is InChI=1S/C14H28N2O/c1-14(2)6-3-12(13(14)15)9-16-7-4-11(10-17)5-8-16/h11-13,17H,3-10,15H2,1-2H3. The van der Waals surface area contributed by atoms with Crippen molar-refractivity contribution >= 4 is 0 Å².